The minimum absolute atomic E-state index is 0. The standard InChI is InChI=1S/C4H10N.Bi.Ru/c1-3-5-4-2;;/h3-4H2,1-2H3;;/q-1;;+1. The van der Waals surface area contributed by atoms with E-state index in [4.69, 9.17) is 0 Å². The van der Waals surface area contributed by atoms with Crippen molar-refractivity contribution in [2.45, 2.75) is 13.8 Å². The number of rotatable bonds is 2. The maximum absolute atomic E-state index is 3.97. The van der Waals surface area contributed by atoms with Crippen molar-refractivity contribution < 1.29 is 19.5 Å². The Morgan fingerprint density at radius 2 is 1.43 bits per heavy atom. The molecule has 3 heteroatoms. The molecule has 0 aromatic heterocycles. The SMILES string of the molecule is CC[N-]CC.[Bi].[Ru+]. The Morgan fingerprint density at radius 3 is 1.43 bits per heavy atom. The first kappa shape index (κ1) is 15.8. The van der Waals surface area contributed by atoms with Gasteiger partial charge < -0.3 is 5.32 Å². The molecule has 7 heavy (non-hydrogen) atoms. The van der Waals surface area contributed by atoms with E-state index >= 15 is 0 Å². The monoisotopic (exact) mass is 383 g/mol. The maximum Gasteiger partial charge on any atom is 1.00 e. The van der Waals surface area contributed by atoms with Gasteiger partial charge in [0.15, 0.2) is 0 Å². The Balaban J connectivity index is -0.0000000800. The second kappa shape index (κ2) is 15.7. The molecule has 0 heterocycles. The summed E-state index contributed by atoms with van der Waals surface area (Å²) in [4.78, 5) is 0. The van der Waals surface area contributed by atoms with Gasteiger partial charge in [0.25, 0.3) is 0 Å². The summed E-state index contributed by atoms with van der Waals surface area (Å²) < 4.78 is 0. The molecule has 1 nitrogen and oxygen atoms in total. The molecule has 0 fully saturated rings. The molecule has 0 rings (SSSR count). The van der Waals surface area contributed by atoms with Crippen molar-refractivity contribution in [3.8, 4) is 0 Å². The Hall–Kier alpha value is 1.47. The number of nitrogens with zero attached hydrogens (tertiary/aromatic N) is 1. The molecule has 0 saturated heterocycles. The van der Waals surface area contributed by atoms with Crippen molar-refractivity contribution in [1.82, 2.24) is 0 Å². The van der Waals surface area contributed by atoms with E-state index < -0.39 is 0 Å². The van der Waals surface area contributed by atoms with Gasteiger partial charge in [-0.2, -0.15) is 13.1 Å². The molecular weight excluding hydrogens is 372 g/mol. The predicted octanol–water partition coefficient (Wildman–Crippen LogP) is 1.02. The molecular formula is C4H10BiNRu. The van der Waals surface area contributed by atoms with E-state index in [-0.39, 0.29) is 45.7 Å². The molecule has 44 valence electrons. The summed E-state index contributed by atoms with van der Waals surface area (Å²) in [6.45, 7) is 6.03. The fourth-order valence-electron chi connectivity index (χ4n) is 0.224. The molecule has 0 unspecified atom stereocenters. The minimum atomic E-state index is 0. The zero-order chi connectivity index (χ0) is 4.12. The molecule has 0 aromatic rings. The first-order chi connectivity index (χ1) is 2.41. The summed E-state index contributed by atoms with van der Waals surface area (Å²) >= 11 is 0. The van der Waals surface area contributed by atoms with Gasteiger partial charge >= 0.3 is 19.5 Å². The van der Waals surface area contributed by atoms with Crippen LogP contribution >= 0.6 is 0 Å². The fraction of sp³-hybridized carbons (Fsp3) is 1.00. The van der Waals surface area contributed by atoms with Crippen molar-refractivity contribution in [2.24, 2.45) is 0 Å². The average molecular weight is 382 g/mol. The maximum atomic E-state index is 3.97. The Bertz CT molecular complexity index is 19.2. The summed E-state index contributed by atoms with van der Waals surface area (Å²) in [6.07, 6.45) is 0. The van der Waals surface area contributed by atoms with E-state index in [1.54, 1.807) is 0 Å². The molecule has 0 aromatic carbocycles. The van der Waals surface area contributed by atoms with Gasteiger partial charge in [-0.05, 0) is 0 Å². The van der Waals surface area contributed by atoms with Crippen molar-refractivity contribution >= 4 is 26.2 Å². The van der Waals surface area contributed by atoms with Crippen molar-refractivity contribution in [3.05, 3.63) is 5.32 Å². The van der Waals surface area contributed by atoms with E-state index in [1.165, 1.54) is 0 Å². The minimum Gasteiger partial charge on any atom is -0.663 e. The fourth-order valence-corrected chi connectivity index (χ4v) is 0.224. The number of hydrogen-bond donors (Lipinski definition) is 0. The summed E-state index contributed by atoms with van der Waals surface area (Å²) in [6, 6.07) is 0. The molecule has 0 N–H and O–H groups in total. The quantitative estimate of drug-likeness (QED) is 0.634. The van der Waals surface area contributed by atoms with Gasteiger partial charge in [-0.1, -0.05) is 13.8 Å². The van der Waals surface area contributed by atoms with Crippen LogP contribution in [0.25, 0.3) is 5.32 Å². The van der Waals surface area contributed by atoms with Crippen LogP contribution in [-0.2, 0) is 19.5 Å². The van der Waals surface area contributed by atoms with E-state index in [2.05, 4.69) is 5.32 Å². The van der Waals surface area contributed by atoms with Crippen LogP contribution in [0.5, 0.6) is 0 Å². The van der Waals surface area contributed by atoms with Crippen molar-refractivity contribution in [2.75, 3.05) is 13.1 Å². The van der Waals surface area contributed by atoms with Crippen LogP contribution in [0.2, 0.25) is 0 Å². The van der Waals surface area contributed by atoms with Crippen LogP contribution < -0.4 is 0 Å². The van der Waals surface area contributed by atoms with Crippen LogP contribution in [0.1, 0.15) is 13.8 Å². The molecule has 4 radical (unpaired) electrons. The molecule has 0 spiro atoms. The largest absolute Gasteiger partial charge is 1.00 e. The smallest absolute Gasteiger partial charge is 0.663 e. The molecule has 0 amide bonds. The summed E-state index contributed by atoms with van der Waals surface area (Å²) in [5, 5.41) is 3.97. The topological polar surface area (TPSA) is 14.1 Å². The van der Waals surface area contributed by atoms with Gasteiger partial charge in [-0.25, -0.2) is 0 Å². The van der Waals surface area contributed by atoms with E-state index in [9.17, 15) is 0 Å². The second-order valence-corrected chi connectivity index (χ2v) is 0.856. The number of hydrogen-bond acceptors (Lipinski definition) is 0. The van der Waals surface area contributed by atoms with Crippen LogP contribution in [0.4, 0.5) is 0 Å². The average Bonchev–Trinajstić information content (AvgIpc) is 1.41. The molecule has 0 bridgehead atoms. The second-order valence-electron chi connectivity index (χ2n) is 0.856. The van der Waals surface area contributed by atoms with Crippen LogP contribution in [0.15, 0.2) is 0 Å². The normalized spacial score (nSPS) is 6.00. The van der Waals surface area contributed by atoms with Gasteiger partial charge in [0.2, 0.25) is 0 Å². The molecule has 0 aliphatic rings. The van der Waals surface area contributed by atoms with Crippen LogP contribution in [0.3, 0.4) is 0 Å². The molecule has 0 aliphatic heterocycles. The first-order valence-electron chi connectivity index (χ1n) is 2.05. The van der Waals surface area contributed by atoms with Crippen molar-refractivity contribution in [1.29, 1.82) is 0 Å². The van der Waals surface area contributed by atoms with Crippen LogP contribution in [0, 0.1) is 0 Å². The molecule has 0 aliphatic carbocycles. The third-order valence-corrected chi connectivity index (χ3v) is 0.447. The van der Waals surface area contributed by atoms with Gasteiger partial charge in [0.1, 0.15) is 0 Å². The molecule has 0 atom stereocenters. The summed E-state index contributed by atoms with van der Waals surface area (Å²) in [7, 11) is 0. The Kier molecular flexibility index (Phi) is 35.3. The third kappa shape index (κ3) is 18.6. The van der Waals surface area contributed by atoms with E-state index in [1.807, 2.05) is 13.8 Å². The Morgan fingerprint density at radius 1 is 1.14 bits per heavy atom. The van der Waals surface area contributed by atoms with Gasteiger partial charge in [0.05, 0.1) is 0 Å². The zero-order valence-corrected chi connectivity index (χ0v) is 9.88. The van der Waals surface area contributed by atoms with E-state index in [0.717, 1.165) is 13.1 Å². The molecule has 0 saturated carbocycles. The van der Waals surface area contributed by atoms with Gasteiger partial charge in [-0.3, -0.25) is 0 Å². The van der Waals surface area contributed by atoms with Gasteiger partial charge in [0, 0.05) is 26.2 Å². The summed E-state index contributed by atoms with van der Waals surface area (Å²) in [5.74, 6) is 0. The predicted molar refractivity (Wildman–Crippen MR) is 30.2 cm³/mol. The Labute approximate surface area is 77.5 Å². The van der Waals surface area contributed by atoms with Crippen LogP contribution in [-0.4, -0.2) is 39.3 Å². The van der Waals surface area contributed by atoms with E-state index in [0.29, 0.717) is 0 Å². The van der Waals surface area contributed by atoms with Gasteiger partial charge in [-0.15, -0.1) is 0 Å². The first-order valence-corrected chi connectivity index (χ1v) is 2.05. The van der Waals surface area contributed by atoms with Crippen molar-refractivity contribution in [3.63, 3.8) is 0 Å². The zero-order valence-electron chi connectivity index (χ0n) is 4.66. The summed E-state index contributed by atoms with van der Waals surface area (Å²) in [5.41, 5.74) is 0. The third-order valence-electron chi connectivity index (χ3n) is 0.447.